The number of hydrogen-bond donors (Lipinski definition) is 3. The van der Waals surface area contributed by atoms with Crippen LogP contribution in [0.25, 0.3) is 0 Å². The van der Waals surface area contributed by atoms with E-state index in [9.17, 15) is 24.9 Å². The van der Waals surface area contributed by atoms with Crippen LogP contribution in [0.4, 0.5) is 0 Å². The van der Waals surface area contributed by atoms with Gasteiger partial charge in [-0.3, -0.25) is 9.59 Å². The van der Waals surface area contributed by atoms with Crippen LogP contribution in [-0.4, -0.2) is 75.9 Å². The lowest BCUT2D eigenvalue weighted by Crippen LogP contribution is -2.57. The molecular weight excluding hydrogens is 428 g/mol. The molecule has 1 heterocycles. The average molecular weight is 475 g/mol. The quantitative estimate of drug-likeness (QED) is 0.531. The zero-order valence-corrected chi connectivity index (χ0v) is 22.0. The number of carbonyl (C=O) groups is 2. The largest absolute Gasteiger partial charge is 0.459 e. The van der Waals surface area contributed by atoms with Gasteiger partial charge in [-0.15, -0.1) is 0 Å². The molecule has 1 saturated heterocycles. The predicted octanol–water partition coefficient (Wildman–Crippen LogP) is 2.50. The van der Waals surface area contributed by atoms with Gasteiger partial charge in [0.25, 0.3) is 0 Å². The number of ketones is 1. The minimum absolute atomic E-state index is 0.188. The summed E-state index contributed by atoms with van der Waals surface area (Å²) in [4.78, 5) is 26.2. The Morgan fingerprint density at radius 2 is 1.64 bits per heavy atom. The van der Waals surface area contributed by atoms with Gasteiger partial charge < -0.3 is 29.5 Å². The van der Waals surface area contributed by atoms with Crippen molar-refractivity contribution in [3.63, 3.8) is 0 Å². The maximum atomic E-state index is 13.3. The smallest absolute Gasteiger partial charge is 0.311 e. The average Bonchev–Trinajstić information content (AvgIpc) is 2.76. The molecule has 3 N–H and O–H groups in total. The summed E-state index contributed by atoms with van der Waals surface area (Å²) in [5, 5.41) is 33.2. The van der Waals surface area contributed by atoms with E-state index in [-0.39, 0.29) is 24.7 Å². The van der Waals surface area contributed by atoms with Gasteiger partial charge >= 0.3 is 5.97 Å². The third-order valence-corrected chi connectivity index (χ3v) is 7.39. The molecule has 0 aliphatic carbocycles. The number of methoxy groups -OCH3 is 1. The van der Waals surface area contributed by atoms with E-state index >= 15 is 0 Å². The van der Waals surface area contributed by atoms with Crippen LogP contribution in [0.5, 0.6) is 0 Å². The maximum absolute atomic E-state index is 13.3. The van der Waals surface area contributed by atoms with E-state index in [1.165, 1.54) is 14.0 Å². The summed E-state index contributed by atoms with van der Waals surface area (Å²) in [5.41, 5.74) is -2.82. The molecule has 0 aromatic carbocycles. The van der Waals surface area contributed by atoms with Crippen LogP contribution in [0.3, 0.4) is 0 Å². The Kier molecular flexibility index (Phi) is 10.5. The van der Waals surface area contributed by atoms with Crippen molar-refractivity contribution in [2.75, 3.05) is 7.11 Å². The molecule has 0 bridgehead atoms. The zero-order valence-electron chi connectivity index (χ0n) is 22.0. The molecular formula is C25H46O8. The van der Waals surface area contributed by atoms with Crippen LogP contribution in [0.1, 0.15) is 75.2 Å². The van der Waals surface area contributed by atoms with Crippen LogP contribution in [0.15, 0.2) is 0 Å². The van der Waals surface area contributed by atoms with Crippen LogP contribution < -0.4 is 0 Å². The van der Waals surface area contributed by atoms with Gasteiger partial charge in [0.05, 0.1) is 35.9 Å². The highest BCUT2D eigenvalue weighted by Crippen LogP contribution is 2.37. The second kappa shape index (κ2) is 11.6. The SMILES string of the molecule is CCC1OC(=O)[C@H](C)[C@H](O)[C@H](C)[C@@H](OC(C)C)[C@@](C)(OC)C[C@@H](C)C(=O)[C@H](C)[C@@H](O)[C@]1(C)O. The number of esters is 1. The highest BCUT2D eigenvalue weighted by atomic mass is 16.6. The van der Waals surface area contributed by atoms with E-state index in [4.69, 9.17) is 14.2 Å². The van der Waals surface area contributed by atoms with Gasteiger partial charge in [0, 0.05) is 24.9 Å². The normalized spacial score (nSPS) is 44.4. The van der Waals surface area contributed by atoms with Crippen molar-refractivity contribution in [3.8, 4) is 0 Å². The number of aliphatic hydroxyl groups excluding tert-OH is 2. The number of rotatable bonds is 4. The van der Waals surface area contributed by atoms with Crippen molar-refractivity contribution >= 4 is 11.8 Å². The minimum atomic E-state index is -1.85. The highest BCUT2D eigenvalue weighted by Gasteiger charge is 2.50. The van der Waals surface area contributed by atoms with Crippen molar-refractivity contribution in [1.82, 2.24) is 0 Å². The van der Waals surface area contributed by atoms with Crippen molar-refractivity contribution in [2.24, 2.45) is 23.7 Å². The molecule has 1 unspecified atom stereocenters. The van der Waals surface area contributed by atoms with Crippen LogP contribution >= 0.6 is 0 Å². The third-order valence-electron chi connectivity index (χ3n) is 7.39. The number of carbonyl (C=O) groups excluding carboxylic acids is 2. The van der Waals surface area contributed by atoms with Crippen LogP contribution in [0, 0.1) is 23.7 Å². The molecule has 8 nitrogen and oxygen atoms in total. The standard InChI is InChI=1S/C25H46O8/c1-11-18-25(9,30)21(28)15(5)19(26)14(4)12-24(8,31-10)22(32-13(2)3)16(6)20(27)17(7)23(29)33-18/h13-18,20-22,27-28,30H,11-12H2,1-10H3/t14-,15+,16+,17-,18?,20-,21-,22-,24+,25-/m1/s1. The molecule has 0 saturated carbocycles. The summed E-state index contributed by atoms with van der Waals surface area (Å²) in [6.07, 6.45) is -3.95. The first kappa shape index (κ1) is 30.0. The molecule has 1 rings (SSSR count). The van der Waals surface area contributed by atoms with E-state index in [1.54, 1.807) is 34.6 Å². The number of Topliss-reactive ketones (excluding diaryl/α,β-unsaturated/α-hetero) is 1. The van der Waals surface area contributed by atoms with Crippen molar-refractivity contribution in [3.05, 3.63) is 0 Å². The molecule has 0 spiro atoms. The Morgan fingerprint density at radius 3 is 2.09 bits per heavy atom. The van der Waals surface area contributed by atoms with Crippen molar-refractivity contribution in [2.45, 2.75) is 117 Å². The van der Waals surface area contributed by atoms with Crippen LogP contribution in [0.2, 0.25) is 0 Å². The van der Waals surface area contributed by atoms with Gasteiger partial charge in [-0.05, 0) is 47.5 Å². The molecule has 8 heteroatoms. The van der Waals surface area contributed by atoms with Gasteiger partial charge in [-0.25, -0.2) is 0 Å². The lowest BCUT2D eigenvalue weighted by Gasteiger charge is -2.45. The molecule has 1 aliphatic heterocycles. The molecule has 10 atom stereocenters. The fourth-order valence-corrected chi connectivity index (χ4v) is 5.08. The molecule has 194 valence electrons. The van der Waals surface area contributed by atoms with Gasteiger partial charge in [0.15, 0.2) is 0 Å². The van der Waals surface area contributed by atoms with E-state index < -0.39 is 65.3 Å². The lowest BCUT2D eigenvalue weighted by atomic mass is 9.74. The Labute approximate surface area is 199 Å². The summed E-state index contributed by atoms with van der Waals surface area (Å²) in [5.74, 6) is -3.82. The Bertz CT molecular complexity index is 663. The number of hydrogen-bond acceptors (Lipinski definition) is 8. The predicted molar refractivity (Wildman–Crippen MR) is 125 cm³/mol. The summed E-state index contributed by atoms with van der Waals surface area (Å²) < 4.78 is 17.6. The summed E-state index contributed by atoms with van der Waals surface area (Å²) in [6.45, 7) is 15.4. The molecule has 0 aromatic rings. The summed E-state index contributed by atoms with van der Waals surface area (Å²) in [6, 6.07) is 0. The van der Waals surface area contributed by atoms with Gasteiger partial charge in [-0.2, -0.15) is 0 Å². The van der Waals surface area contributed by atoms with E-state index in [1.807, 2.05) is 20.8 Å². The summed E-state index contributed by atoms with van der Waals surface area (Å²) in [7, 11) is 1.53. The fourth-order valence-electron chi connectivity index (χ4n) is 5.08. The molecule has 0 aromatic heterocycles. The molecule has 1 fully saturated rings. The monoisotopic (exact) mass is 474 g/mol. The topological polar surface area (TPSA) is 123 Å². The van der Waals surface area contributed by atoms with Crippen molar-refractivity contribution < 1.29 is 39.1 Å². The van der Waals surface area contributed by atoms with E-state index in [0.29, 0.717) is 0 Å². The highest BCUT2D eigenvalue weighted by molar-refractivity contribution is 5.83. The third kappa shape index (κ3) is 6.54. The second-order valence-electron chi connectivity index (χ2n) is 10.6. The Hall–Kier alpha value is -1.06. The molecule has 0 amide bonds. The Morgan fingerprint density at radius 1 is 1.09 bits per heavy atom. The minimum Gasteiger partial charge on any atom is -0.459 e. The van der Waals surface area contributed by atoms with E-state index in [0.717, 1.165) is 0 Å². The fraction of sp³-hybridized carbons (Fsp3) is 0.920. The van der Waals surface area contributed by atoms with Gasteiger partial charge in [-0.1, -0.05) is 27.7 Å². The lowest BCUT2D eigenvalue weighted by molar-refractivity contribution is -0.202. The first-order chi connectivity index (χ1) is 15.0. The van der Waals surface area contributed by atoms with E-state index in [2.05, 4.69) is 0 Å². The van der Waals surface area contributed by atoms with Crippen LogP contribution in [-0.2, 0) is 23.8 Å². The number of cyclic esters (lactones) is 1. The van der Waals surface area contributed by atoms with Gasteiger partial charge in [0.2, 0.25) is 0 Å². The van der Waals surface area contributed by atoms with Gasteiger partial charge in [0.1, 0.15) is 17.5 Å². The Balaban J connectivity index is 3.59. The number of aliphatic hydroxyl groups is 3. The summed E-state index contributed by atoms with van der Waals surface area (Å²) >= 11 is 0. The second-order valence-corrected chi connectivity index (χ2v) is 10.6. The molecule has 33 heavy (non-hydrogen) atoms. The van der Waals surface area contributed by atoms with Crippen molar-refractivity contribution in [1.29, 1.82) is 0 Å². The number of ether oxygens (including phenoxy) is 3. The maximum Gasteiger partial charge on any atom is 0.311 e. The first-order valence-corrected chi connectivity index (χ1v) is 12.1. The first-order valence-electron chi connectivity index (χ1n) is 12.1. The molecule has 1 aliphatic rings. The zero-order chi connectivity index (χ0) is 25.9. The molecule has 0 radical (unpaired) electrons.